The molecule has 0 aromatic carbocycles. The number of hydrogen-bond acceptors (Lipinski definition) is 4. The van der Waals surface area contributed by atoms with E-state index in [0.29, 0.717) is 32.2 Å². The van der Waals surface area contributed by atoms with Crippen molar-refractivity contribution in [1.29, 1.82) is 0 Å². The molecule has 17 heavy (non-hydrogen) atoms. The summed E-state index contributed by atoms with van der Waals surface area (Å²) in [6, 6.07) is 0.315. The van der Waals surface area contributed by atoms with Gasteiger partial charge in [0.05, 0.1) is 6.61 Å². The van der Waals surface area contributed by atoms with Gasteiger partial charge in [0, 0.05) is 32.7 Å². The van der Waals surface area contributed by atoms with Gasteiger partial charge in [-0.05, 0) is 0 Å². The van der Waals surface area contributed by atoms with Crippen LogP contribution in [0.5, 0.6) is 0 Å². The summed E-state index contributed by atoms with van der Waals surface area (Å²) in [7, 11) is 1.52. The third-order valence-electron chi connectivity index (χ3n) is 2.14. The Kier molecular flexibility index (Phi) is 8.35. The van der Waals surface area contributed by atoms with E-state index in [-0.39, 0.29) is 12.5 Å². The molecule has 0 aromatic rings. The molecule has 0 aliphatic rings. The molecule has 0 unspecified atom stereocenters. The first-order chi connectivity index (χ1) is 7.97. The molecule has 0 radical (unpaired) electrons. The predicted molar refractivity (Wildman–Crippen MR) is 63.8 cm³/mol. The molecule has 0 saturated carbocycles. The number of hydrogen-bond donors (Lipinski definition) is 2. The molecule has 6 nitrogen and oxygen atoms in total. The highest BCUT2D eigenvalue weighted by atomic mass is 16.5. The van der Waals surface area contributed by atoms with E-state index in [9.17, 15) is 9.59 Å². The standard InChI is InChI=1S/C11H22N2O4/c1-9(2)12-5-4-10(14)13(6-7-17-3)8-11(15)16/h9,12H,4-8H2,1-3H3,(H,15,16). The lowest BCUT2D eigenvalue weighted by Gasteiger charge is -2.20. The molecular weight excluding hydrogens is 224 g/mol. The highest BCUT2D eigenvalue weighted by Gasteiger charge is 2.15. The van der Waals surface area contributed by atoms with Crippen molar-refractivity contribution in [3.8, 4) is 0 Å². The van der Waals surface area contributed by atoms with Crippen LogP contribution in [-0.2, 0) is 14.3 Å². The molecule has 0 atom stereocenters. The van der Waals surface area contributed by atoms with E-state index >= 15 is 0 Å². The number of amides is 1. The van der Waals surface area contributed by atoms with Gasteiger partial charge in [0.1, 0.15) is 6.54 Å². The summed E-state index contributed by atoms with van der Waals surface area (Å²) in [6.07, 6.45) is 0.301. The van der Waals surface area contributed by atoms with Gasteiger partial charge in [-0.1, -0.05) is 13.8 Å². The number of carbonyl (C=O) groups excluding carboxylic acids is 1. The third-order valence-corrected chi connectivity index (χ3v) is 2.14. The molecule has 0 spiro atoms. The van der Waals surface area contributed by atoms with E-state index in [4.69, 9.17) is 9.84 Å². The largest absolute Gasteiger partial charge is 0.480 e. The Balaban J connectivity index is 4.07. The van der Waals surface area contributed by atoms with E-state index < -0.39 is 5.97 Å². The second kappa shape index (κ2) is 8.95. The maximum Gasteiger partial charge on any atom is 0.323 e. The van der Waals surface area contributed by atoms with Crippen LogP contribution < -0.4 is 5.32 Å². The second-order valence-corrected chi connectivity index (χ2v) is 4.06. The molecule has 0 bridgehead atoms. The minimum Gasteiger partial charge on any atom is -0.480 e. The monoisotopic (exact) mass is 246 g/mol. The Hall–Kier alpha value is -1.14. The number of nitrogens with zero attached hydrogens (tertiary/aromatic N) is 1. The quantitative estimate of drug-likeness (QED) is 0.595. The first kappa shape index (κ1) is 15.9. The normalized spacial score (nSPS) is 10.6. The zero-order valence-corrected chi connectivity index (χ0v) is 10.7. The van der Waals surface area contributed by atoms with Crippen molar-refractivity contribution in [1.82, 2.24) is 10.2 Å². The van der Waals surface area contributed by atoms with E-state index in [1.54, 1.807) is 0 Å². The van der Waals surface area contributed by atoms with Crippen molar-refractivity contribution in [2.75, 3.05) is 33.4 Å². The highest BCUT2D eigenvalue weighted by Crippen LogP contribution is 1.95. The Morgan fingerprint density at radius 1 is 1.41 bits per heavy atom. The molecule has 1 amide bonds. The fourth-order valence-corrected chi connectivity index (χ4v) is 1.28. The van der Waals surface area contributed by atoms with Crippen molar-refractivity contribution in [3.63, 3.8) is 0 Å². The van der Waals surface area contributed by atoms with E-state index in [1.807, 2.05) is 13.8 Å². The number of nitrogens with one attached hydrogen (secondary N) is 1. The van der Waals surface area contributed by atoms with Gasteiger partial charge in [-0.15, -0.1) is 0 Å². The summed E-state index contributed by atoms with van der Waals surface area (Å²) in [4.78, 5) is 23.6. The molecule has 0 heterocycles. The van der Waals surface area contributed by atoms with Crippen molar-refractivity contribution in [2.24, 2.45) is 0 Å². The molecule has 0 aliphatic carbocycles. The first-order valence-electron chi connectivity index (χ1n) is 5.69. The molecule has 6 heteroatoms. The minimum absolute atomic E-state index is 0.169. The fraction of sp³-hybridized carbons (Fsp3) is 0.818. The highest BCUT2D eigenvalue weighted by molar-refractivity contribution is 5.81. The average molecular weight is 246 g/mol. The van der Waals surface area contributed by atoms with Crippen molar-refractivity contribution in [3.05, 3.63) is 0 Å². The molecule has 0 aromatic heterocycles. The summed E-state index contributed by atoms with van der Waals surface area (Å²) in [5, 5.41) is 11.8. The first-order valence-corrected chi connectivity index (χ1v) is 5.69. The number of carboxylic acid groups (broad SMARTS) is 1. The van der Waals surface area contributed by atoms with Crippen molar-refractivity contribution >= 4 is 11.9 Å². The van der Waals surface area contributed by atoms with Gasteiger partial charge in [-0.2, -0.15) is 0 Å². The van der Waals surface area contributed by atoms with Crippen LogP contribution in [-0.4, -0.2) is 61.3 Å². The van der Waals surface area contributed by atoms with Crippen LogP contribution in [0.2, 0.25) is 0 Å². The number of rotatable bonds is 9. The van der Waals surface area contributed by atoms with Gasteiger partial charge in [0.2, 0.25) is 5.91 Å². The smallest absolute Gasteiger partial charge is 0.323 e. The Bertz CT molecular complexity index is 244. The molecule has 100 valence electrons. The minimum atomic E-state index is -1.01. The van der Waals surface area contributed by atoms with Gasteiger partial charge in [0.25, 0.3) is 0 Å². The predicted octanol–water partition coefficient (Wildman–Crippen LogP) is -0.0659. The SMILES string of the molecule is COCCN(CC(=O)O)C(=O)CCNC(C)C. The fourth-order valence-electron chi connectivity index (χ4n) is 1.28. The van der Waals surface area contributed by atoms with E-state index in [1.165, 1.54) is 12.0 Å². The lowest BCUT2D eigenvalue weighted by Crippen LogP contribution is -2.39. The third kappa shape index (κ3) is 8.65. The lowest BCUT2D eigenvalue weighted by atomic mass is 10.3. The summed E-state index contributed by atoms with van der Waals surface area (Å²) < 4.78 is 4.84. The Morgan fingerprint density at radius 3 is 2.53 bits per heavy atom. The maximum atomic E-state index is 11.7. The maximum absolute atomic E-state index is 11.7. The van der Waals surface area contributed by atoms with Crippen LogP contribution in [0, 0.1) is 0 Å². The van der Waals surface area contributed by atoms with E-state index in [2.05, 4.69) is 5.32 Å². The van der Waals surface area contributed by atoms with Crippen LogP contribution in [0.25, 0.3) is 0 Å². The molecule has 0 rings (SSSR count). The van der Waals surface area contributed by atoms with Gasteiger partial charge in [-0.25, -0.2) is 0 Å². The molecular formula is C11H22N2O4. The number of carbonyl (C=O) groups is 2. The van der Waals surface area contributed by atoms with Crippen LogP contribution in [0.15, 0.2) is 0 Å². The summed E-state index contributed by atoms with van der Waals surface area (Å²) in [5.74, 6) is -1.18. The second-order valence-electron chi connectivity index (χ2n) is 4.06. The molecule has 0 saturated heterocycles. The zero-order chi connectivity index (χ0) is 13.3. The zero-order valence-electron chi connectivity index (χ0n) is 10.7. The van der Waals surface area contributed by atoms with E-state index in [0.717, 1.165) is 0 Å². The van der Waals surface area contributed by atoms with Crippen LogP contribution in [0.3, 0.4) is 0 Å². The van der Waals surface area contributed by atoms with Crippen LogP contribution in [0.1, 0.15) is 20.3 Å². The number of aliphatic carboxylic acids is 1. The van der Waals surface area contributed by atoms with Gasteiger partial charge in [-0.3, -0.25) is 9.59 Å². The Morgan fingerprint density at radius 2 is 2.06 bits per heavy atom. The Labute approximate surface area is 102 Å². The summed E-state index contributed by atoms with van der Waals surface area (Å²) in [5.41, 5.74) is 0. The molecule has 2 N–H and O–H groups in total. The lowest BCUT2D eigenvalue weighted by molar-refractivity contribution is -0.144. The average Bonchev–Trinajstić information content (AvgIpc) is 2.22. The summed E-state index contributed by atoms with van der Waals surface area (Å²) in [6.45, 7) is 4.91. The van der Waals surface area contributed by atoms with Crippen molar-refractivity contribution in [2.45, 2.75) is 26.3 Å². The van der Waals surface area contributed by atoms with Gasteiger partial charge in [0.15, 0.2) is 0 Å². The topological polar surface area (TPSA) is 78.9 Å². The summed E-state index contributed by atoms with van der Waals surface area (Å²) >= 11 is 0. The number of methoxy groups -OCH3 is 1. The van der Waals surface area contributed by atoms with Crippen molar-refractivity contribution < 1.29 is 19.4 Å². The van der Waals surface area contributed by atoms with Gasteiger partial charge < -0.3 is 20.1 Å². The van der Waals surface area contributed by atoms with Crippen LogP contribution >= 0.6 is 0 Å². The number of carboxylic acids is 1. The van der Waals surface area contributed by atoms with Crippen LogP contribution in [0.4, 0.5) is 0 Å². The van der Waals surface area contributed by atoms with Gasteiger partial charge >= 0.3 is 5.97 Å². The molecule has 0 aliphatic heterocycles. The number of ether oxygens (including phenoxy) is 1. The molecule has 0 fully saturated rings.